The number of benzene rings is 2. The number of nitrogens with one attached hydrogen (secondary N) is 1. The van der Waals surface area contributed by atoms with Crippen LogP contribution < -0.4 is 10.3 Å². The van der Waals surface area contributed by atoms with Crippen LogP contribution in [0.3, 0.4) is 0 Å². The predicted octanol–water partition coefficient (Wildman–Crippen LogP) is 4.17. The molecule has 1 aliphatic rings. The number of aromatic amines is 1. The Kier molecular flexibility index (Phi) is 6.65. The molecular weight excluding hydrogens is 436 g/mol. The summed E-state index contributed by atoms with van der Waals surface area (Å²) in [4.78, 5) is 32.4. The van der Waals surface area contributed by atoms with Gasteiger partial charge in [-0.1, -0.05) is 41.6 Å². The Morgan fingerprint density at radius 2 is 1.82 bits per heavy atom. The predicted molar refractivity (Wildman–Crippen MR) is 130 cm³/mol. The third-order valence-corrected chi connectivity index (χ3v) is 6.61. The smallest absolute Gasteiger partial charge is 0.254 e. The van der Waals surface area contributed by atoms with Gasteiger partial charge in [-0.25, -0.2) is 9.99 Å². The molecule has 0 fully saturated rings. The summed E-state index contributed by atoms with van der Waals surface area (Å²) in [6.07, 6.45) is 0.616. The Labute approximate surface area is 196 Å². The molecule has 1 atom stereocenters. The second-order valence-electron chi connectivity index (χ2n) is 8.01. The Morgan fingerprint density at radius 3 is 2.45 bits per heavy atom. The molecule has 0 radical (unpaired) electrons. The van der Waals surface area contributed by atoms with Crippen molar-refractivity contribution in [1.82, 2.24) is 15.0 Å². The number of aromatic nitrogens is 2. The lowest BCUT2D eigenvalue weighted by molar-refractivity contribution is -0.130. The van der Waals surface area contributed by atoms with Gasteiger partial charge in [-0.05, 0) is 56.2 Å². The molecular formula is C25H26N4O3S. The number of amides is 1. The van der Waals surface area contributed by atoms with Crippen LogP contribution >= 0.6 is 11.8 Å². The highest BCUT2D eigenvalue weighted by Gasteiger charge is 2.33. The molecule has 1 N–H and O–H groups in total. The maximum Gasteiger partial charge on any atom is 0.254 e. The van der Waals surface area contributed by atoms with E-state index >= 15 is 0 Å². The van der Waals surface area contributed by atoms with Crippen LogP contribution in [0.2, 0.25) is 0 Å². The van der Waals surface area contributed by atoms with Gasteiger partial charge in [0.15, 0.2) is 5.16 Å². The molecule has 7 nitrogen and oxygen atoms in total. The van der Waals surface area contributed by atoms with Crippen molar-refractivity contribution >= 4 is 23.4 Å². The van der Waals surface area contributed by atoms with Crippen LogP contribution in [-0.4, -0.2) is 39.5 Å². The normalized spacial score (nSPS) is 15.5. The monoisotopic (exact) mass is 462 g/mol. The number of ether oxygens (including phenoxy) is 1. The first-order valence-electron chi connectivity index (χ1n) is 10.7. The molecule has 4 rings (SSSR count). The molecule has 0 spiro atoms. The summed E-state index contributed by atoms with van der Waals surface area (Å²) in [6.45, 7) is 5.55. The quantitative estimate of drug-likeness (QED) is 0.439. The topological polar surface area (TPSA) is 87.7 Å². The van der Waals surface area contributed by atoms with Crippen molar-refractivity contribution in [3.8, 4) is 5.75 Å². The van der Waals surface area contributed by atoms with E-state index in [2.05, 4.69) is 9.97 Å². The van der Waals surface area contributed by atoms with E-state index in [1.807, 2.05) is 55.5 Å². The van der Waals surface area contributed by atoms with Gasteiger partial charge in [0, 0.05) is 17.7 Å². The fourth-order valence-corrected chi connectivity index (χ4v) is 4.39. The first-order valence-corrected chi connectivity index (χ1v) is 11.6. The molecule has 0 unspecified atom stereocenters. The SMILES string of the molecule is COc1ccc(C2=NN(C(=O)CSc3nc(C)c(C)c(=O)[nH]3)[C@@H](c3ccc(C)cc3)C2)cc1. The van der Waals surface area contributed by atoms with E-state index in [0.29, 0.717) is 22.8 Å². The van der Waals surface area contributed by atoms with Gasteiger partial charge in [-0.2, -0.15) is 5.10 Å². The van der Waals surface area contributed by atoms with Crippen LogP contribution in [0.15, 0.2) is 63.6 Å². The minimum absolute atomic E-state index is 0.118. The Morgan fingerprint density at radius 1 is 1.12 bits per heavy atom. The number of hydrogen-bond acceptors (Lipinski definition) is 6. The highest BCUT2D eigenvalue weighted by Crippen LogP contribution is 2.34. The van der Waals surface area contributed by atoms with Crippen LogP contribution in [0.1, 0.15) is 40.4 Å². The number of nitrogens with zero attached hydrogens (tertiary/aromatic N) is 3. The third-order valence-electron chi connectivity index (χ3n) is 5.76. The number of carbonyl (C=O) groups is 1. The van der Waals surface area contributed by atoms with Crippen molar-refractivity contribution in [3.05, 3.63) is 86.8 Å². The van der Waals surface area contributed by atoms with Gasteiger partial charge in [-0.3, -0.25) is 9.59 Å². The van der Waals surface area contributed by atoms with Gasteiger partial charge >= 0.3 is 0 Å². The second-order valence-corrected chi connectivity index (χ2v) is 8.98. The molecule has 2 heterocycles. The zero-order chi connectivity index (χ0) is 23.5. The number of hydrogen-bond donors (Lipinski definition) is 1. The highest BCUT2D eigenvalue weighted by molar-refractivity contribution is 7.99. The number of hydrazone groups is 1. The van der Waals surface area contributed by atoms with E-state index in [1.165, 1.54) is 11.8 Å². The summed E-state index contributed by atoms with van der Waals surface area (Å²) in [7, 11) is 1.63. The van der Waals surface area contributed by atoms with Gasteiger partial charge in [-0.15, -0.1) is 0 Å². The second kappa shape index (κ2) is 9.62. The van der Waals surface area contributed by atoms with Crippen LogP contribution in [0, 0.1) is 20.8 Å². The Hall–Kier alpha value is -3.39. The molecule has 1 aromatic heterocycles. The summed E-state index contributed by atoms with van der Waals surface area (Å²) in [5.41, 5.74) is 5.05. The standard InChI is InChI=1S/C25H26N4O3S/c1-15-5-7-19(8-6-15)22-13-21(18-9-11-20(32-4)12-10-18)28-29(22)23(30)14-33-25-26-17(3)16(2)24(31)27-25/h5-12,22H,13-14H2,1-4H3,(H,26,27,31)/t22-/m1/s1. The summed E-state index contributed by atoms with van der Waals surface area (Å²) >= 11 is 1.21. The number of rotatable bonds is 6. The zero-order valence-corrected chi connectivity index (χ0v) is 19.9. The van der Waals surface area contributed by atoms with Crippen molar-refractivity contribution < 1.29 is 9.53 Å². The fourth-order valence-electron chi connectivity index (χ4n) is 3.63. The number of thioether (sulfide) groups is 1. The highest BCUT2D eigenvalue weighted by atomic mass is 32.2. The van der Waals surface area contributed by atoms with Gasteiger partial charge < -0.3 is 9.72 Å². The number of carbonyl (C=O) groups excluding carboxylic acids is 1. The lowest BCUT2D eigenvalue weighted by Gasteiger charge is -2.22. The Bertz CT molecular complexity index is 1250. The molecule has 1 amide bonds. The third kappa shape index (κ3) is 5.01. The minimum Gasteiger partial charge on any atom is -0.497 e. The van der Waals surface area contributed by atoms with E-state index < -0.39 is 0 Å². The van der Waals surface area contributed by atoms with Crippen LogP contribution in [0.25, 0.3) is 0 Å². The van der Waals surface area contributed by atoms with Gasteiger partial charge in [0.25, 0.3) is 11.5 Å². The number of methoxy groups -OCH3 is 1. The summed E-state index contributed by atoms with van der Waals surface area (Å²) < 4.78 is 5.25. The number of H-pyrrole nitrogens is 1. The van der Waals surface area contributed by atoms with Crippen molar-refractivity contribution in [2.24, 2.45) is 5.10 Å². The van der Waals surface area contributed by atoms with Crippen molar-refractivity contribution in [2.45, 2.75) is 38.4 Å². The van der Waals surface area contributed by atoms with Crippen LogP contribution in [0.5, 0.6) is 5.75 Å². The summed E-state index contributed by atoms with van der Waals surface area (Å²) in [5, 5.41) is 6.71. The maximum absolute atomic E-state index is 13.2. The van der Waals surface area contributed by atoms with Crippen molar-refractivity contribution in [2.75, 3.05) is 12.9 Å². The molecule has 0 saturated carbocycles. The average molecular weight is 463 g/mol. The lowest BCUT2D eigenvalue weighted by atomic mass is 9.97. The Balaban J connectivity index is 1.59. The molecule has 0 bridgehead atoms. The largest absolute Gasteiger partial charge is 0.497 e. The molecule has 0 aliphatic carbocycles. The van der Waals surface area contributed by atoms with Crippen LogP contribution in [-0.2, 0) is 4.79 Å². The molecule has 2 aromatic carbocycles. The minimum atomic E-state index is -0.192. The van der Waals surface area contributed by atoms with E-state index in [-0.39, 0.29) is 23.3 Å². The first-order chi connectivity index (χ1) is 15.9. The van der Waals surface area contributed by atoms with Crippen molar-refractivity contribution in [3.63, 3.8) is 0 Å². The molecule has 33 heavy (non-hydrogen) atoms. The van der Waals surface area contributed by atoms with Crippen molar-refractivity contribution in [1.29, 1.82) is 0 Å². The molecule has 8 heteroatoms. The molecule has 3 aromatic rings. The van der Waals surface area contributed by atoms with E-state index in [1.54, 1.807) is 26.0 Å². The molecule has 1 aliphatic heterocycles. The molecule has 170 valence electrons. The summed E-state index contributed by atoms with van der Waals surface area (Å²) in [6, 6.07) is 15.7. The van der Waals surface area contributed by atoms with Gasteiger partial charge in [0.1, 0.15) is 5.75 Å². The zero-order valence-electron chi connectivity index (χ0n) is 19.1. The maximum atomic E-state index is 13.2. The lowest BCUT2D eigenvalue weighted by Crippen LogP contribution is -2.28. The van der Waals surface area contributed by atoms with E-state index in [9.17, 15) is 9.59 Å². The van der Waals surface area contributed by atoms with Gasteiger partial charge in [0.2, 0.25) is 0 Å². The van der Waals surface area contributed by atoms with E-state index in [4.69, 9.17) is 9.84 Å². The summed E-state index contributed by atoms with van der Waals surface area (Å²) in [5.74, 6) is 0.745. The number of aryl methyl sites for hydroxylation is 2. The first kappa shape index (κ1) is 22.8. The average Bonchev–Trinajstić information content (AvgIpc) is 3.27. The fraction of sp³-hybridized carbons (Fsp3) is 0.280. The van der Waals surface area contributed by atoms with Gasteiger partial charge in [0.05, 0.1) is 24.6 Å². The van der Waals surface area contributed by atoms with Crippen LogP contribution in [0.4, 0.5) is 0 Å². The van der Waals surface area contributed by atoms with E-state index in [0.717, 1.165) is 28.2 Å². The molecule has 0 saturated heterocycles.